The first-order valence-corrected chi connectivity index (χ1v) is 5.94. The zero-order valence-electron chi connectivity index (χ0n) is 10.3. The fourth-order valence-corrected chi connectivity index (χ4v) is 1.95. The molecule has 104 valence electrons. The molecule has 0 spiro atoms. The van der Waals surface area contributed by atoms with Crippen LogP contribution in [0.1, 0.15) is 5.56 Å². The number of ether oxygens (including phenoxy) is 2. The number of benzene rings is 2. The lowest BCUT2D eigenvalue weighted by atomic mass is 10.1. The molecule has 0 amide bonds. The smallest absolute Gasteiger partial charge is 0.231 e. The van der Waals surface area contributed by atoms with E-state index < -0.39 is 11.6 Å². The molecule has 0 atom stereocenters. The zero-order valence-corrected chi connectivity index (χ0v) is 10.3. The summed E-state index contributed by atoms with van der Waals surface area (Å²) in [5, 5.41) is 12.6. The Balaban J connectivity index is 1.80. The van der Waals surface area contributed by atoms with Gasteiger partial charge in [0.15, 0.2) is 23.1 Å². The monoisotopic (exact) mass is 279 g/mol. The Bertz CT molecular complexity index is 661. The number of hydrogen-bond donors (Lipinski definition) is 2. The summed E-state index contributed by atoms with van der Waals surface area (Å²) in [4.78, 5) is 0. The van der Waals surface area contributed by atoms with Crippen LogP contribution in [0, 0.1) is 11.6 Å². The van der Waals surface area contributed by atoms with Crippen LogP contribution in [-0.4, -0.2) is 11.9 Å². The quantitative estimate of drug-likeness (QED) is 0.906. The fourth-order valence-electron chi connectivity index (χ4n) is 1.95. The Morgan fingerprint density at radius 2 is 1.90 bits per heavy atom. The van der Waals surface area contributed by atoms with Gasteiger partial charge in [0.05, 0.1) is 5.69 Å². The zero-order chi connectivity index (χ0) is 14.1. The third-order valence-corrected chi connectivity index (χ3v) is 2.99. The number of aromatic hydroxyl groups is 1. The van der Waals surface area contributed by atoms with Gasteiger partial charge in [0.1, 0.15) is 5.75 Å². The Hall–Kier alpha value is -2.50. The summed E-state index contributed by atoms with van der Waals surface area (Å²) >= 11 is 0. The van der Waals surface area contributed by atoms with Gasteiger partial charge in [0.2, 0.25) is 6.79 Å². The van der Waals surface area contributed by atoms with Crippen LogP contribution in [0.15, 0.2) is 30.3 Å². The molecule has 1 aliphatic heterocycles. The summed E-state index contributed by atoms with van der Waals surface area (Å²) < 4.78 is 36.9. The maximum absolute atomic E-state index is 13.5. The minimum Gasteiger partial charge on any atom is -0.507 e. The van der Waals surface area contributed by atoms with Crippen molar-refractivity contribution in [3.05, 3.63) is 47.5 Å². The summed E-state index contributed by atoms with van der Waals surface area (Å²) in [5.74, 6) is -0.904. The van der Waals surface area contributed by atoms with Crippen molar-refractivity contribution in [1.29, 1.82) is 0 Å². The second-order valence-electron chi connectivity index (χ2n) is 4.29. The average molecular weight is 279 g/mol. The maximum Gasteiger partial charge on any atom is 0.231 e. The predicted molar refractivity (Wildman–Crippen MR) is 67.9 cm³/mol. The first-order chi connectivity index (χ1) is 9.65. The molecule has 1 heterocycles. The maximum atomic E-state index is 13.5. The van der Waals surface area contributed by atoms with Gasteiger partial charge in [-0.2, -0.15) is 0 Å². The highest BCUT2D eigenvalue weighted by atomic mass is 19.2. The van der Waals surface area contributed by atoms with Crippen LogP contribution in [-0.2, 0) is 6.54 Å². The topological polar surface area (TPSA) is 50.7 Å². The van der Waals surface area contributed by atoms with Gasteiger partial charge in [-0.1, -0.05) is 6.07 Å². The number of anilines is 1. The lowest BCUT2D eigenvalue weighted by Crippen LogP contribution is -2.03. The molecule has 1 aliphatic rings. The molecule has 2 aromatic rings. The fraction of sp³-hybridized carbons (Fsp3) is 0.143. The number of phenols is 1. The lowest BCUT2D eigenvalue weighted by molar-refractivity contribution is 0.174. The summed E-state index contributed by atoms with van der Waals surface area (Å²) in [7, 11) is 0. The molecule has 0 unspecified atom stereocenters. The van der Waals surface area contributed by atoms with Crippen molar-refractivity contribution in [2.75, 3.05) is 12.1 Å². The molecule has 0 saturated heterocycles. The molecule has 0 radical (unpaired) electrons. The van der Waals surface area contributed by atoms with E-state index in [4.69, 9.17) is 9.47 Å². The molecule has 0 aromatic heterocycles. The predicted octanol–water partition coefficient (Wildman–Crippen LogP) is 3.01. The highest BCUT2D eigenvalue weighted by Crippen LogP contribution is 2.37. The molecule has 0 aliphatic carbocycles. The Kier molecular flexibility index (Phi) is 3.06. The van der Waals surface area contributed by atoms with E-state index in [1.54, 1.807) is 6.07 Å². The summed E-state index contributed by atoms with van der Waals surface area (Å²) in [6, 6.07) is 6.89. The van der Waals surface area contributed by atoms with Crippen molar-refractivity contribution in [3.63, 3.8) is 0 Å². The van der Waals surface area contributed by atoms with Gasteiger partial charge in [0.25, 0.3) is 0 Å². The Morgan fingerprint density at radius 3 is 2.70 bits per heavy atom. The Morgan fingerprint density at radius 1 is 1.15 bits per heavy atom. The van der Waals surface area contributed by atoms with Gasteiger partial charge in [-0.05, 0) is 18.2 Å². The molecule has 20 heavy (non-hydrogen) atoms. The summed E-state index contributed by atoms with van der Waals surface area (Å²) in [5.41, 5.74) is 0.528. The van der Waals surface area contributed by atoms with Crippen LogP contribution < -0.4 is 14.8 Å². The van der Waals surface area contributed by atoms with Crippen LogP contribution in [0.2, 0.25) is 0 Å². The molecule has 6 heteroatoms. The van der Waals surface area contributed by atoms with Crippen LogP contribution >= 0.6 is 0 Å². The van der Waals surface area contributed by atoms with E-state index in [1.807, 2.05) is 0 Å². The lowest BCUT2D eigenvalue weighted by Gasteiger charge is -2.10. The van der Waals surface area contributed by atoms with E-state index in [0.717, 1.165) is 6.07 Å². The largest absolute Gasteiger partial charge is 0.507 e. The van der Waals surface area contributed by atoms with E-state index in [0.29, 0.717) is 17.1 Å². The van der Waals surface area contributed by atoms with Crippen molar-refractivity contribution in [1.82, 2.24) is 0 Å². The summed E-state index contributed by atoms with van der Waals surface area (Å²) in [6.07, 6.45) is 0. The first-order valence-electron chi connectivity index (χ1n) is 5.94. The molecule has 3 rings (SSSR count). The van der Waals surface area contributed by atoms with Gasteiger partial charge < -0.3 is 19.9 Å². The molecular weight excluding hydrogens is 268 g/mol. The normalized spacial score (nSPS) is 12.5. The minimum atomic E-state index is -0.951. The molecule has 4 nitrogen and oxygen atoms in total. The van der Waals surface area contributed by atoms with Gasteiger partial charge in [-0.3, -0.25) is 0 Å². The van der Waals surface area contributed by atoms with Gasteiger partial charge in [0, 0.05) is 18.2 Å². The highest BCUT2D eigenvalue weighted by Gasteiger charge is 2.17. The van der Waals surface area contributed by atoms with E-state index in [-0.39, 0.29) is 24.8 Å². The molecule has 2 N–H and O–H groups in total. The van der Waals surface area contributed by atoms with E-state index in [2.05, 4.69) is 5.32 Å². The third-order valence-electron chi connectivity index (χ3n) is 2.99. The standard InChI is InChI=1S/C14H11F2NO3/c15-9-2-1-3-10(14(9)16)17-6-8-4-12-13(5-11(8)18)20-7-19-12/h1-5,17-18H,6-7H2. The van der Waals surface area contributed by atoms with E-state index in [9.17, 15) is 13.9 Å². The van der Waals surface area contributed by atoms with Crippen LogP contribution in [0.5, 0.6) is 17.2 Å². The van der Waals surface area contributed by atoms with E-state index >= 15 is 0 Å². The number of rotatable bonds is 3. The van der Waals surface area contributed by atoms with Crippen LogP contribution in [0.4, 0.5) is 14.5 Å². The third kappa shape index (κ3) is 2.20. The van der Waals surface area contributed by atoms with Crippen molar-refractivity contribution in [2.45, 2.75) is 6.54 Å². The second-order valence-corrected chi connectivity index (χ2v) is 4.29. The number of nitrogens with one attached hydrogen (secondary N) is 1. The van der Waals surface area contributed by atoms with Crippen molar-refractivity contribution < 1.29 is 23.4 Å². The van der Waals surface area contributed by atoms with Crippen molar-refractivity contribution >= 4 is 5.69 Å². The first kappa shape index (κ1) is 12.5. The molecule has 0 saturated carbocycles. The van der Waals surface area contributed by atoms with E-state index in [1.165, 1.54) is 18.2 Å². The van der Waals surface area contributed by atoms with Gasteiger partial charge in [-0.15, -0.1) is 0 Å². The average Bonchev–Trinajstić information content (AvgIpc) is 2.87. The van der Waals surface area contributed by atoms with Crippen molar-refractivity contribution in [2.24, 2.45) is 0 Å². The Labute approximate surface area is 113 Å². The minimum absolute atomic E-state index is 0.00133. The summed E-state index contributed by atoms with van der Waals surface area (Å²) in [6.45, 7) is 0.229. The van der Waals surface area contributed by atoms with Crippen LogP contribution in [0.25, 0.3) is 0 Å². The number of halogens is 2. The number of fused-ring (bicyclic) bond motifs is 1. The van der Waals surface area contributed by atoms with Crippen molar-refractivity contribution in [3.8, 4) is 17.2 Å². The van der Waals surface area contributed by atoms with Gasteiger partial charge in [-0.25, -0.2) is 8.78 Å². The highest BCUT2D eigenvalue weighted by molar-refractivity contribution is 5.53. The molecular formula is C14H11F2NO3. The number of hydrogen-bond acceptors (Lipinski definition) is 4. The second kappa shape index (κ2) is 4.88. The molecule has 2 aromatic carbocycles. The SMILES string of the molecule is Oc1cc2c(cc1CNc1cccc(F)c1F)OCO2. The van der Waals surface area contributed by atoms with Gasteiger partial charge >= 0.3 is 0 Å². The molecule has 0 fully saturated rings. The molecule has 0 bridgehead atoms. The number of phenolic OH excluding ortho intramolecular Hbond substituents is 1. The van der Waals surface area contributed by atoms with Crippen LogP contribution in [0.3, 0.4) is 0 Å².